The smallest absolute Gasteiger partial charge is 0.338 e. The number of hydrogen-bond acceptors (Lipinski definition) is 8. The molecule has 0 aromatic heterocycles. The molecule has 0 saturated heterocycles. The average molecular weight is 426 g/mol. The van der Waals surface area contributed by atoms with Crippen LogP contribution in [0.25, 0.3) is 6.08 Å². The lowest BCUT2D eigenvalue weighted by Crippen LogP contribution is -2.08. The quantitative estimate of drug-likeness (QED) is 0.194. The summed E-state index contributed by atoms with van der Waals surface area (Å²) in [6.07, 6.45) is 2.69. The van der Waals surface area contributed by atoms with Crippen LogP contribution in [0, 0.1) is 20.2 Å². The van der Waals surface area contributed by atoms with Crippen molar-refractivity contribution < 1.29 is 28.9 Å². The number of nitro benzene ring substituents is 2. The van der Waals surface area contributed by atoms with Crippen molar-refractivity contribution in [2.24, 2.45) is 0 Å². The molecular formula is C21H18N2O8. The number of carbonyl (C=O) groups is 2. The van der Waals surface area contributed by atoms with Crippen molar-refractivity contribution in [3.8, 4) is 5.75 Å². The summed E-state index contributed by atoms with van der Waals surface area (Å²) in [5, 5.41) is 21.9. The Morgan fingerprint density at radius 1 is 1.06 bits per heavy atom. The van der Waals surface area contributed by atoms with Crippen molar-refractivity contribution in [3.63, 3.8) is 0 Å². The van der Waals surface area contributed by atoms with Gasteiger partial charge in [0.1, 0.15) is 5.75 Å². The summed E-state index contributed by atoms with van der Waals surface area (Å²) in [5.41, 5.74) is 0.333. The first kappa shape index (κ1) is 22.9. The van der Waals surface area contributed by atoms with Gasteiger partial charge in [-0.05, 0) is 36.8 Å². The van der Waals surface area contributed by atoms with E-state index in [1.807, 2.05) is 0 Å². The molecule has 0 aliphatic heterocycles. The van der Waals surface area contributed by atoms with E-state index < -0.39 is 33.2 Å². The van der Waals surface area contributed by atoms with Crippen LogP contribution in [0.2, 0.25) is 0 Å². The molecule has 0 amide bonds. The molecule has 0 N–H and O–H groups in total. The molecule has 2 rings (SSSR count). The Morgan fingerprint density at radius 3 is 2.32 bits per heavy atom. The topological polar surface area (TPSA) is 139 Å². The van der Waals surface area contributed by atoms with Gasteiger partial charge in [0, 0.05) is 29.7 Å². The molecule has 10 heteroatoms. The molecule has 0 unspecified atom stereocenters. The van der Waals surface area contributed by atoms with Gasteiger partial charge in [0.05, 0.1) is 22.5 Å². The lowest BCUT2D eigenvalue weighted by atomic mass is 10.1. The normalized spacial score (nSPS) is 10.5. The Hall–Kier alpha value is -4.34. The second kappa shape index (κ2) is 10.4. The zero-order chi connectivity index (χ0) is 23.0. The maximum Gasteiger partial charge on any atom is 0.338 e. The number of ether oxygens (including phenoxy) is 2. The molecule has 0 spiro atoms. The number of esters is 2. The number of benzene rings is 2. The predicted molar refractivity (Wildman–Crippen MR) is 110 cm³/mol. The minimum Gasteiger partial charge on any atom is -0.462 e. The van der Waals surface area contributed by atoms with Gasteiger partial charge in [-0.25, -0.2) is 9.59 Å². The van der Waals surface area contributed by atoms with Crippen LogP contribution in [0.4, 0.5) is 11.4 Å². The number of hydrogen-bond donors (Lipinski definition) is 0. The second-order valence-corrected chi connectivity index (χ2v) is 6.32. The predicted octanol–water partition coefficient (Wildman–Crippen LogP) is 3.78. The Morgan fingerprint density at radius 2 is 1.74 bits per heavy atom. The van der Waals surface area contributed by atoms with E-state index in [1.54, 1.807) is 24.3 Å². The fraction of sp³-hybridized carbons (Fsp3) is 0.143. The van der Waals surface area contributed by atoms with Gasteiger partial charge >= 0.3 is 11.9 Å². The van der Waals surface area contributed by atoms with E-state index >= 15 is 0 Å². The average Bonchev–Trinajstić information content (AvgIpc) is 2.73. The number of nitro groups is 2. The monoisotopic (exact) mass is 426 g/mol. The van der Waals surface area contributed by atoms with Crippen molar-refractivity contribution in [2.75, 3.05) is 6.61 Å². The van der Waals surface area contributed by atoms with Crippen LogP contribution >= 0.6 is 0 Å². The SMILES string of the molecule is C=C(C)C(=O)Oc1ccc(/C=C/C(=O)OCCc2ccc([N+](=O)[O-])cc2[N+](=O)[O-])cc1. The molecule has 0 fully saturated rings. The van der Waals surface area contributed by atoms with Crippen LogP contribution in [0.1, 0.15) is 18.1 Å². The van der Waals surface area contributed by atoms with Gasteiger partial charge in [0.25, 0.3) is 11.4 Å². The Balaban J connectivity index is 1.90. The van der Waals surface area contributed by atoms with Crippen molar-refractivity contribution in [3.05, 3.63) is 92.0 Å². The summed E-state index contributed by atoms with van der Waals surface area (Å²) < 4.78 is 10.1. The number of carbonyl (C=O) groups excluding carboxylic acids is 2. The van der Waals surface area contributed by atoms with E-state index in [-0.39, 0.29) is 24.2 Å². The van der Waals surface area contributed by atoms with Gasteiger partial charge < -0.3 is 9.47 Å². The summed E-state index contributed by atoms with van der Waals surface area (Å²) in [5.74, 6) is -0.875. The first-order valence-corrected chi connectivity index (χ1v) is 8.91. The van der Waals surface area contributed by atoms with Crippen LogP contribution in [-0.4, -0.2) is 28.4 Å². The maximum atomic E-state index is 11.8. The van der Waals surface area contributed by atoms with Gasteiger partial charge in [0.15, 0.2) is 0 Å². The number of non-ortho nitro benzene ring substituents is 1. The third kappa shape index (κ3) is 6.89. The van der Waals surface area contributed by atoms with Gasteiger partial charge in [0.2, 0.25) is 0 Å². The van der Waals surface area contributed by atoms with E-state index in [0.29, 0.717) is 11.3 Å². The van der Waals surface area contributed by atoms with Gasteiger partial charge in [-0.2, -0.15) is 0 Å². The minimum absolute atomic E-state index is 0.0245. The van der Waals surface area contributed by atoms with Crippen LogP contribution < -0.4 is 4.74 Å². The molecular weight excluding hydrogens is 408 g/mol. The Kier molecular flexibility index (Phi) is 7.73. The van der Waals surface area contributed by atoms with E-state index in [4.69, 9.17) is 9.47 Å². The minimum atomic E-state index is -0.724. The van der Waals surface area contributed by atoms with Gasteiger partial charge in [-0.3, -0.25) is 20.2 Å². The molecule has 10 nitrogen and oxygen atoms in total. The fourth-order valence-electron chi connectivity index (χ4n) is 2.36. The highest BCUT2D eigenvalue weighted by molar-refractivity contribution is 5.89. The van der Waals surface area contributed by atoms with E-state index in [9.17, 15) is 29.8 Å². The molecule has 0 atom stereocenters. The molecule has 0 radical (unpaired) electrons. The van der Waals surface area contributed by atoms with Crippen molar-refractivity contribution in [2.45, 2.75) is 13.3 Å². The Labute approximate surface area is 176 Å². The first-order chi connectivity index (χ1) is 14.7. The molecule has 0 aliphatic carbocycles. The van der Waals surface area contributed by atoms with Crippen LogP contribution in [-0.2, 0) is 20.7 Å². The standard InChI is InChI=1S/C21H18N2O8/c1-14(2)21(25)31-18-8-3-15(4-9-18)5-10-20(24)30-12-11-16-6-7-17(22(26)27)13-19(16)23(28)29/h3-10,13H,1,11-12H2,2H3/b10-5+. The third-order valence-electron chi connectivity index (χ3n) is 3.94. The second-order valence-electron chi connectivity index (χ2n) is 6.32. The zero-order valence-corrected chi connectivity index (χ0v) is 16.5. The number of nitrogens with zero attached hydrogens (tertiary/aromatic N) is 2. The van der Waals surface area contributed by atoms with E-state index in [0.717, 1.165) is 12.1 Å². The fourth-order valence-corrected chi connectivity index (χ4v) is 2.36. The largest absolute Gasteiger partial charge is 0.462 e. The highest BCUT2D eigenvalue weighted by atomic mass is 16.6. The molecule has 0 aliphatic rings. The molecule has 31 heavy (non-hydrogen) atoms. The third-order valence-corrected chi connectivity index (χ3v) is 3.94. The molecule has 0 saturated carbocycles. The highest BCUT2D eigenvalue weighted by Crippen LogP contribution is 2.25. The molecule has 0 heterocycles. The zero-order valence-electron chi connectivity index (χ0n) is 16.5. The maximum absolute atomic E-state index is 11.8. The Bertz CT molecular complexity index is 1060. The summed E-state index contributed by atoms with van der Waals surface area (Å²) >= 11 is 0. The van der Waals surface area contributed by atoms with Crippen molar-refractivity contribution in [1.82, 2.24) is 0 Å². The summed E-state index contributed by atoms with van der Waals surface area (Å²) in [6, 6.07) is 9.66. The van der Waals surface area contributed by atoms with Crippen LogP contribution in [0.15, 0.2) is 60.7 Å². The van der Waals surface area contributed by atoms with Crippen molar-refractivity contribution in [1.29, 1.82) is 0 Å². The van der Waals surface area contributed by atoms with Crippen LogP contribution in [0.3, 0.4) is 0 Å². The highest BCUT2D eigenvalue weighted by Gasteiger charge is 2.19. The number of rotatable bonds is 9. The molecule has 2 aromatic carbocycles. The first-order valence-electron chi connectivity index (χ1n) is 8.91. The van der Waals surface area contributed by atoms with Gasteiger partial charge in [-0.1, -0.05) is 18.7 Å². The lowest BCUT2D eigenvalue weighted by Gasteiger charge is -2.04. The van der Waals surface area contributed by atoms with Crippen molar-refractivity contribution >= 4 is 29.4 Å². The molecule has 160 valence electrons. The molecule has 0 bridgehead atoms. The van der Waals surface area contributed by atoms with E-state index in [2.05, 4.69) is 6.58 Å². The van der Waals surface area contributed by atoms with E-state index in [1.165, 1.54) is 25.1 Å². The van der Waals surface area contributed by atoms with Gasteiger partial charge in [-0.15, -0.1) is 0 Å². The van der Waals surface area contributed by atoms with Crippen LogP contribution in [0.5, 0.6) is 5.75 Å². The lowest BCUT2D eigenvalue weighted by molar-refractivity contribution is -0.394. The summed E-state index contributed by atoms with van der Waals surface area (Å²) in [6.45, 7) is 4.88. The summed E-state index contributed by atoms with van der Waals surface area (Å²) in [7, 11) is 0. The molecule has 2 aromatic rings. The summed E-state index contributed by atoms with van der Waals surface area (Å²) in [4.78, 5) is 43.7.